The van der Waals surface area contributed by atoms with Crippen molar-refractivity contribution in [1.29, 1.82) is 0 Å². The summed E-state index contributed by atoms with van der Waals surface area (Å²) >= 11 is 0. The molecule has 0 bridgehead atoms. The molecule has 0 radical (unpaired) electrons. The summed E-state index contributed by atoms with van der Waals surface area (Å²) in [4.78, 5) is 16.3. The van der Waals surface area contributed by atoms with Crippen LogP contribution in [0.2, 0.25) is 0 Å². The van der Waals surface area contributed by atoms with Crippen LogP contribution in [-0.2, 0) is 4.79 Å². The molecule has 0 spiro atoms. The van der Waals surface area contributed by atoms with Gasteiger partial charge in [0, 0.05) is 25.7 Å². The first kappa shape index (κ1) is 14.0. The van der Waals surface area contributed by atoms with Crippen molar-refractivity contribution in [3.63, 3.8) is 0 Å². The number of benzene rings is 1. The number of carboxylic acids is 1. The molecule has 5 heteroatoms. The van der Waals surface area contributed by atoms with Crippen LogP contribution < -0.4 is 10.6 Å². The molecule has 0 saturated carbocycles. The van der Waals surface area contributed by atoms with Crippen LogP contribution in [0.25, 0.3) is 0 Å². The Bertz CT molecular complexity index is 404. The first-order chi connectivity index (χ1) is 8.61. The maximum absolute atomic E-state index is 10.3. The topological polar surface area (TPSA) is 78.9 Å². The molecule has 3 N–H and O–H groups in total. The van der Waals surface area contributed by atoms with Crippen molar-refractivity contribution in [3.05, 3.63) is 30.3 Å². The van der Waals surface area contributed by atoms with Gasteiger partial charge in [0.1, 0.15) is 0 Å². The predicted octanol–water partition coefficient (Wildman–Crippen LogP) is 1.69. The maximum Gasteiger partial charge on any atom is 0.303 e. The Balaban J connectivity index is 2.39. The van der Waals surface area contributed by atoms with Gasteiger partial charge >= 0.3 is 5.97 Å². The van der Waals surface area contributed by atoms with Crippen LogP contribution in [0.4, 0.5) is 5.69 Å². The molecular weight excluding hydrogens is 230 g/mol. The fourth-order valence-electron chi connectivity index (χ4n) is 1.47. The molecule has 0 heterocycles. The van der Waals surface area contributed by atoms with E-state index in [9.17, 15) is 4.79 Å². The van der Waals surface area contributed by atoms with Crippen molar-refractivity contribution in [3.8, 4) is 0 Å². The van der Waals surface area contributed by atoms with E-state index in [0.717, 1.165) is 12.1 Å². The van der Waals surface area contributed by atoms with E-state index in [1.165, 1.54) is 0 Å². The number of carboxylic acid groups (broad SMARTS) is 1. The molecule has 1 aromatic carbocycles. The largest absolute Gasteiger partial charge is 0.481 e. The number of hydrogen-bond donors (Lipinski definition) is 2. The van der Waals surface area contributed by atoms with Gasteiger partial charge in [0.25, 0.3) is 0 Å². The molecule has 0 saturated heterocycles. The molecule has 5 nitrogen and oxygen atoms in total. The third kappa shape index (κ3) is 4.86. The summed E-state index contributed by atoms with van der Waals surface area (Å²) in [5, 5.41) is 8.49. The lowest BCUT2D eigenvalue weighted by Crippen LogP contribution is -2.34. The first-order valence-electron chi connectivity index (χ1n) is 5.91. The molecule has 1 aromatic rings. The van der Waals surface area contributed by atoms with E-state index >= 15 is 0 Å². The van der Waals surface area contributed by atoms with Crippen molar-refractivity contribution < 1.29 is 9.90 Å². The summed E-state index contributed by atoms with van der Waals surface area (Å²) in [6.45, 7) is 0.552. The van der Waals surface area contributed by atoms with E-state index in [0.29, 0.717) is 18.9 Å². The number of aliphatic carboxylic acids is 1. The summed E-state index contributed by atoms with van der Waals surface area (Å²) in [6, 6.07) is 9.72. The van der Waals surface area contributed by atoms with Crippen LogP contribution in [-0.4, -0.2) is 30.6 Å². The fraction of sp³-hybridized carbons (Fsp3) is 0.385. The molecule has 0 atom stereocenters. The summed E-state index contributed by atoms with van der Waals surface area (Å²) in [5.41, 5.74) is 6.83. The SMILES string of the molecule is CN(C(N)=NCCCCC(=O)O)c1ccccc1. The normalized spacial score (nSPS) is 11.3. The highest BCUT2D eigenvalue weighted by atomic mass is 16.4. The van der Waals surface area contributed by atoms with E-state index in [-0.39, 0.29) is 6.42 Å². The fourth-order valence-corrected chi connectivity index (χ4v) is 1.47. The van der Waals surface area contributed by atoms with Gasteiger partial charge in [0.15, 0.2) is 5.96 Å². The molecule has 0 amide bonds. The Morgan fingerprint density at radius 2 is 2.00 bits per heavy atom. The van der Waals surface area contributed by atoms with Crippen molar-refractivity contribution in [1.82, 2.24) is 0 Å². The van der Waals surface area contributed by atoms with Crippen molar-refractivity contribution >= 4 is 17.6 Å². The Morgan fingerprint density at radius 1 is 1.33 bits per heavy atom. The number of hydrogen-bond acceptors (Lipinski definition) is 2. The Morgan fingerprint density at radius 3 is 2.61 bits per heavy atom. The minimum atomic E-state index is -0.770. The Hall–Kier alpha value is -2.04. The Labute approximate surface area is 107 Å². The van der Waals surface area contributed by atoms with E-state index in [4.69, 9.17) is 10.8 Å². The second-order valence-corrected chi connectivity index (χ2v) is 3.99. The number of para-hydroxylation sites is 1. The zero-order valence-electron chi connectivity index (χ0n) is 10.5. The highest BCUT2D eigenvalue weighted by Crippen LogP contribution is 2.10. The zero-order chi connectivity index (χ0) is 13.4. The molecule has 0 aliphatic rings. The van der Waals surface area contributed by atoms with Gasteiger partial charge in [-0.3, -0.25) is 9.79 Å². The number of nitrogens with zero attached hydrogens (tertiary/aromatic N) is 2. The number of unbranched alkanes of at least 4 members (excludes halogenated alkanes) is 1. The minimum absolute atomic E-state index is 0.184. The number of carbonyl (C=O) groups is 1. The van der Waals surface area contributed by atoms with E-state index in [2.05, 4.69) is 4.99 Å². The lowest BCUT2D eigenvalue weighted by atomic mass is 10.2. The molecule has 0 aliphatic heterocycles. The van der Waals surface area contributed by atoms with Crippen LogP contribution in [0.5, 0.6) is 0 Å². The van der Waals surface area contributed by atoms with Crippen molar-refractivity contribution in [2.75, 3.05) is 18.5 Å². The standard InChI is InChI=1S/C13H19N3O2/c1-16(11-7-3-2-4-8-11)13(14)15-10-6-5-9-12(17)18/h2-4,7-8H,5-6,9-10H2,1H3,(H2,14,15)(H,17,18). The maximum atomic E-state index is 10.3. The van der Waals surface area contributed by atoms with Gasteiger partial charge in [-0.15, -0.1) is 0 Å². The van der Waals surface area contributed by atoms with Crippen molar-refractivity contribution in [2.45, 2.75) is 19.3 Å². The van der Waals surface area contributed by atoms with Gasteiger partial charge in [-0.1, -0.05) is 18.2 Å². The smallest absolute Gasteiger partial charge is 0.303 e. The summed E-state index contributed by atoms with van der Waals surface area (Å²) in [7, 11) is 1.85. The highest BCUT2D eigenvalue weighted by molar-refractivity contribution is 5.94. The van der Waals surface area contributed by atoms with E-state index in [1.807, 2.05) is 37.4 Å². The minimum Gasteiger partial charge on any atom is -0.481 e. The molecule has 0 fully saturated rings. The second kappa shape index (κ2) is 7.32. The molecule has 1 rings (SSSR count). The van der Waals surface area contributed by atoms with E-state index < -0.39 is 5.97 Å². The molecular formula is C13H19N3O2. The van der Waals surface area contributed by atoms with Gasteiger partial charge in [-0.05, 0) is 25.0 Å². The zero-order valence-corrected chi connectivity index (χ0v) is 10.5. The molecule has 0 aromatic heterocycles. The number of aliphatic imine (C=N–C) groups is 1. The van der Waals surface area contributed by atoms with Gasteiger partial charge in [-0.2, -0.15) is 0 Å². The third-order valence-corrected chi connectivity index (χ3v) is 2.56. The molecule has 18 heavy (non-hydrogen) atoms. The van der Waals surface area contributed by atoms with Gasteiger partial charge in [0.2, 0.25) is 0 Å². The second-order valence-electron chi connectivity index (χ2n) is 3.99. The van der Waals surface area contributed by atoms with E-state index in [1.54, 1.807) is 4.90 Å². The molecule has 0 unspecified atom stereocenters. The van der Waals surface area contributed by atoms with Crippen LogP contribution in [0.15, 0.2) is 35.3 Å². The number of guanidine groups is 1. The first-order valence-corrected chi connectivity index (χ1v) is 5.91. The quantitative estimate of drug-likeness (QED) is 0.457. The lowest BCUT2D eigenvalue weighted by molar-refractivity contribution is -0.137. The predicted molar refractivity (Wildman–Crippen MR) is 72.8 cm³/mol. The van der Waals surface area contributed by atoms with Crippen LogP contribution in [0, 0.1) is 0 Å². The molecule has 98 valence electrons. The third-order valence-electron chi connectivity index (χ3n) is 2.56. The summed E-state index contributed by atoms with van der Waals surface area (Å²) in [5.74, 6) is -0.329. The summed E-state index contributed by atoms with van der Waals surface area (Å²) in [6.07, 6.45) is 1.54. The monoisotopic (exact) mass is 249 g/mol. The highest BCUT2D eigenvalue weighted by Gasteiger charge is 2.03. The summed E-state index contributed by atoms with van der Waals surface area (Å²) < 4.78 is 0. The van der Waals surface area contributed by atoms with Crippen molar-refractivity contribution in [2.24, 2.45) is 10.7 Å². The average molecular weight is 249 g/mol. The molecule has 0 aliphatic carbocycles. The number of anilines is 1. The van der Waals surface area contributed by atoms with Crippen LogP contribution >= 0.6 is 0 Å². The van der Waals surface area contributed by atoms with Crippen LogP contribution in [0.1, 0.15) is 19.3 Å². The Kier molecular flexibility index (Phi) is 5.70. The van der Waals surface area contributed by atoms with Gasteiger partial charge in [-0.25, -0.2) is 0 Å². The number of nitrogens with two attached hydrogens (primary N) is 1. The van der Waals surface area contributed by atoms with Gasteiger partial charge < -0.3 is 15.7 Å². The van der Waals surface area contributed by atoms with Crippen LogP contribution in [0.3, 0.4) is 0 Å². The lowest BCUT2D eigenvalue weighted by Gasteiger charge is -2.17. The number of rotatable bonds is 6. The van der Waals surface area contributed by atoms with Gasteiger partial charge in [0.05, 0.1) is 0 Å². The average Bonchev–Trinajstić information content (AvgIpc) is 2.38.